The molecule has 0 fully saturated rings. The van der Waals surface area contributed by atoms with Crippen LogP contribution in [-0.4, -0.2) is 13.2 Å². The van der Waals surface area contributed by atoms with Gasteiger partial charge in [-0.05, 0) is 17.7 Å². The lowest BCUT2D eigenvalue weighted by Crippen LogP contribution is -2.16. The number of nitrogens with two attached hydrogens (primary N) is 1. The lowest BCUT2D eigenvalue weighted by molar-refractivity contribution is 0.208. The minimum absolute atomic E-state index is 0.242. The van der Waals surface area contributed by atoms with Gasteiger partial charge in [0.1, 0.15) is 0 Å². The summed E-state index contributed by atoms with van der Waals surface area (Å²) in [5, 5.41) is 8.50. The molecule has 5 nitrogen and oxygen atoms in total. The SMILES string of the molecule is COc1cc(CC#N)ccc1OC(N)=O. The van der Waals surface area contributed by atoms with E-state index in [1.807, 2.05) is 6.07 Å². The predicted molar refractivity (Wildman–Crippen MR) is 52.5 cm³/mol. The summed E-state index contributed by atoms with van der Waals surface area (Å²) in [6, 6.07) is 6.84. The van der Waals surface area contributed by atoms with Crippen LogP contribution < -0.4 is 15.2 Å². The van der Waals surface area contributed by atoms with Gasteiger partial charge in [-0.25, -0.2) is 4.79 Å². The number of nitrogens with zero attached hydrogens (tertiary/aromatic N) is 1. The van der Waals surface area contributed by atoms with Crippen LogP contribution in [0.5, 0.6) is 11.5 Å². The number of carbonyl (C=O) groups excluding carboxylic acids is 1. The lowest BCUT2D eigenvalue weighted by atomic mass is 10.1. The number of hydrogen-bond donors (Lipinski definition) is 1. The van der Waals surface area contributed by atoms with Crippen LogP contribution in [0.3, 0.4) is 0 Å². The Hall–Kier alpha value is -2.22. The Bertz CT molecular complexity index is 410. The van der Waals surface area contributed by atoms with Crippen molar-refractivity contribution < 1.29 is 14.3 Å². The summed E-state index contributed by atoms with van der Waals surface area (Å²) in [5.41, 5.74) is 5.66. The van der Waals surface area contributed by atoms with E-state index < -0.39 is 6.09 Å². The van der Waals surface area contributed by atoms with Crippen LogP contribution in [-0.2, 0) is 6.42 Å². The third kappa shape index (κ3) is 2.88. The fraction of sp³-hybridized carbons (Fsp3) is 0.200. The molecule has 0 saturated carbocycles. The van der Waals surface area contributed by atoms with Crippen LogP contribution in [0.15, 0.2) is 18.2 Å². The highest BCUT2D eigenvalue weighted by molar-refractivity contribution is 5.69. The van der Waals surface area contributed by atoms with Gasteiger partial charge in [0, 0.05) is 0 Å². The zero-order valence-corrected chi connectivity index (χ0v) is 8.19. The smallest absolute Gasteiger partial charge is 0.410 e. The molecule has 0 aliphatic rings. The first-order chi connectivity index (χ1) is 7.17. The number of primary amides is 1. The maximum Gasteiger partial charge on any atom is 0.410 e. The van der Waals surface area contributed by atoms with Gasteiger partial charge in [0.15, 0.2) is 11.5 Å². The average molecular weight is 206 g/mol. The molecule has 0 aliphatic carbocycles. The first kappa shape index (κ1) is 10.9. The van der Waals surface area contributed by atoms with Crippen molar-refractivity contribution in [3.05, 3.63) is 23.8 Å². The van der Waals surface area contributed by atoms with Gasteiger partial charge in [-0.1, -0.05) is 6.07 Å². The number of rotatable bonds is 3. The highest BCUT2D eigenvalue weighted by Gasteiger charge is 2.07. The van der Waals surface area contributed by atoms with Crippen molar-refractivity contribution in [1.29, 1.82) is 5.26 Å². The highest BCUT2D eigenvalue weighted by atomic mass is 16.6. The molecule has 15 heavy (non-hydrogen) atoms. The van der Waals surface area contributed by atoms with Gasteiger partial charge in [0.25, 0.3) is 0 Å². The molecule has 0 saturated heterocycles. The van der Waals surface area contributed by atoms with Crippen LogP contribution in [0.2, 0.25) is 0 Å². The minimum Gasteiger partial charge on any atom is -0.493 e. The number of carbonyl (C=O) groups is 1. The van der Waals surface area contributed by atoms with Crippen molar-refractivity contribution in [3.8, 4) is 17.6 Å². The Labute approximate surface area is 87.0 Å². The number of benzene rings is 1. The Morgan fingerprint density at radius 1 is 1.53 bits per heavy atom. The third-order valence-corrected chi connectivity index (χ3v) is 1.72. The molecule has 0 unspecified atom stereocenters. The summed E-state index contributed by atoms with van der Waals surface area (Å²) < 4.78 is 9.69. The molecular weight excluding hydrogens is 196 g/mol. The van der Waals surface area contributed by atoms with Gasteiger partial charge in [-0.2, -0.15) is 5.26 Å². The van der Waals surface area contributed by atoms with Gasteiger partial charge in [-0.3, -0.25) is 0 Å². The van der Waals surface area contributed by atoms with Crippen molar-refractivity contribution >= 4 is 6.09 Å². The highest BCUT2D eigenvalue weighted by Crippen LogP contribution is 2.28. The summed E-state index contributed by atoms with van der Waals surface area (Å²) in [7, 11) is 1.44. The molecule has 5 heteroatoms. The maximum atomic E-state index is 10.5. The zero-order chi connectivity index (χ0) is 11.3. The zero-order valence-electron chi connectivity index (χ0n) is 8.19. The summed E-state index contributed by atoms with van der Waals surface area (Å²) in [4.78, 5) is 10.5. The number of ether oxygens (including phenoxy) is 2. The molecule has 1 aromatic carbocycles. The molecule has 0 radical (unpaired) electrons. The largest absolute Gasteiger partial charge is 0.493 e. The lowest BCUT2D eigenvalue weighted by Gasteiger charge is -2.08. The minimum atomic E-state index is -0.902. The molecule has 0 aliphatic heterocycles. The Balaban J connectivity index is 2.99. The van der Waals surface area contributed by atoms with Crippen LogP contribution in [0.1, 0.15) is 5.56 Å². The normalized spacial score (nSPS) is 9.07. The molecule has 1 aromatic rings. The van der Waals surface area contributed by atoms with E-state index in [0.717, 1.165) is 5.56 Å². The summed E-state index contributed by atoms with van der Waals surface area (Å²) in [5.74, 6) is 0.619. The van der Waals surface area contributed by atoms with Gasteiger partial charge in [-0.15, -0.1) is 0 Å². The fourth-order valence-corrected chi connectivity index (χ4v) is 1.11. The second-order valence-corrected chi connectivity index (χ2v) is 2.74. The summed E-state index contributed by atoms with van der Waals surface area (Å²) in [6.45, 7) is 0. The fourth-order valence-electron chi connectivity index (χ4n) is 1.11. The van der Waals surface area contributed by atoms with E-state index in [1.54, 1.807) is 12.1 Å². The number of nitriles is 1. The molecule has 2 N–H and O–H groups in total. The first-order valence-electron chi connectivity index (χ1n) is 4.18. The van der Waals surface area contributed by atoms with Gasteiger partial charge in [0.05, 0.1) is 19.6 Å². The molecule has 78 valence electrons. The van der Waals surface area contributed by atoms with Crippen LogP contribution >= 0.6 is 0 Å². The quantitative estimate of drug-likeness (QED) is 0.805. The second-order valence-electron chi connectivity index (χ2n) is 2.74. The molecule has 1 rings (SSSR count). The van der Waals surface area contributed by atoms with E-state index in [2.05, 4.69) is 0 Å². The van der Waals surface area contributed by atoms with Crippen molar-refractivity contribution in [2.45, 2.75) is 6.42 Å². The molecule has 0 atom stereocenters. The van der Waals surface area contributed by atoms with E-state index in [1.165, 1.54) is 13.2 Å². The van der Waals surface area contributed by atoms with Gasteiger partial charge in [0.2, 0.25) is 0 Å². The monoisotopic (exact) mass is 206 g/mol. The van der Waals surface area contributed by atoms with Gasteiger partial charge < -0.3 is 15.2 Å². The molecule has 0 aromatic heterocycles. The van der Waals surface area contributed by atoms with Crippen LogP contribution in [0, 0.1) is 11.3 Å². The topological polar surface area (TPSA) is 85.3 Å². The van der Waals surface area contributed by atoms with E-state index in [9.17, 15) is 4.79 Å². The van der Waals surface area contributed by atoms with Crippen LogP contribution in [0.4, 0.5) is 4.79 Å². The Morgan fingerprint density at radius 3 is 2.80 bits per heavy atom. The third-order valence-electron chi connectivity index (χ3n) is 1.72. The number of methoxy groups -OCH3 is 1. The van der Waals surface area contributed by atoms with Crippen molar-refractivity contribution in [2.24, 2.45) is 5.73 Å². The molecule has 0 spiro atoms. The van der Waals surface area contributed by atoms with E-state index in [4.69, 9.17) is 20.5 Å². The Kier molecular flexibility index (Phi) is 3.52. The molecular formula is C10H10N2O3. The van der Waals surface area contributed by atoms with Crippen LogP contribution in [0.25, 0.3) is 0 Å². The van der Waals surface area contributed by atoms with Crippen molar-refractivity contribution in [2.75, 3.05) is 7.11 Å². The van der Waals surface area contributed by atoms with E-state index in [-0.39, 0.29) is 12.2 Å². The summed E-state index contributed by atoms with van der Waals surface area (Å²) in [6.07, 6.45) is -0.631. The predicted octanol–water partition coefficient (Wildman–Crippen LogP) is 1.22. The van der Waals surface area contributed by atoms with Crippen molar-refractivity contribution in [3.63, 3.8) is 0 Å². The molecule has 0 heterocycles. The van der Waals surface area contributed by atoms with Crippen molar-refractivity contribution in [1.82, 2.24) is 0 Å². The number of amides is 1. The second kappa shape index (κ2) is 4.86. The maximum absolute atomic E-state index is 10.5. The Morgan fingerprint density at radius 2 is 2.27 bits per heavy atom. The van der Waals surface area contributed by atoms with Gasteiger partial charge >= 0.3 is 6.09 Å². The molecule has 1 amide bonds. The first-order valence-corrected chi connectivity index (χ1v) is 4.18. The van der Waals surface area contributed by atoms with E-state index in [0.29, 0.717) is 5.75 Å². The summed E-state index contributed by atoms with van der Waals surface area (Å²) >= 11 is 0. The average Bonchev–Trinajstić information content (AvgIpc) is 2.20. The molecule has 0 bridgehead atoms. The standard InChI is InChI=1S/C10H10N2O3/c1-14-9-6-7(4-5-11)2-3-8(9)15-10(12)13/h2-3,6H,4H2,1H3,(H2,12,13). The van der Waals surface area contributed by atoms with E-state index >= 15 is 0 Å². The number of hydrogen-bond acceptors (Lipinski definition) is 4.